The summed E-state index contributed by atoms with van der Waals surface area (Å²) in [5.41, 5.74) is -1.10. The van der Waals surface area contributed by atoms with Crippen LogP contribution in [-0.4, -0.2) is 34.5 Å². The quantitative estimate of drug-likeness (QED) is 0.724. The van der Waals surface area contributed by atoms with Gasteiger partial charge in [0.25, 0.3) is 0 Å². The highest BCUT2D eigenvalue weighted by Crippen LogP contribution is 2.41. The van der Waals surface area contributed by atoms with Gasteiger partial charge in [0, 0.05) is 12.5 Å². The van der Waals surface area contributed by atoms with E-state index in [0.717, 1.165) is 25.7 Å². The molecule has 1 aliphatic heterocycles. The largest absolute Gasteiger partial charge is 0.479 e. The van der Waals surface area contributed by atoms with Crippen LogP contribution in [-0.2, 0) is 9.53 Å². The van der Waals surface area contributed by atoms with Gasteiger partial charge in [0.1, 0.15) is 0 Å². The van der Waals surface area contributed by atoms with Crippen molar-refractivity contribution in [3.8, 4) is 0 Å². The molecule has 1 heterocycles. The van der Waals surface area contributed by atoms with E-state index in [9.17, 15) is 15.0 Å². The summed E-state index contributed by atoms with van der Waals surface area (Å²) < 4.78 is 5.52. The zero-order valence-electron chi connectivity index (χ0n) is 8.82. The van der Waals surface area contributed by atoms with Gasteiger partial charge in [-0.3, -0.25) is 0 Å². The zero-order chi connectivity index (χ0) is 10.9. The molecule has 15 heavy (non-hydrogen) atoms. The van der Waals surface area contributed by atoms with Crippen LogP contribution in [0.4, 0.5) is 0 Å². The van der Waals surface area contributed by atoms with Crippen molar-refractivity contribution < 1.29 is 19.7 Å². The first-order chi connectivity index (χ1) is 7.17. The molecular formula is C11H18O4. The van der Waals surface area contributed by atoms with Gasteiger partial charge in [-0.2, -0.15) is 0 Å². The Kier molecular flexibility index (Phi) is 2.98. The van der Waals surface area contributed by atoms with Crippen LogP contribution in [0.3, 0.4) is 0 Å². The molecule has 0 aromatic rings. The Morgan fingerprint density at radius 1 is 1.27 bits per heavy atom. The number of aliphatic hydroxyl groups excluding tert-OH is 1. The second-order valence-corrected chi connectivity index (χ2v) is 4.60. The number of aliphatic hydroxyl groups is 1. The predicted octanol–water partition coefficient (Wildman–Crippen LogP) is 1.17. The van der Waals surface area contributed by atoms with E-state index in [4.69, 9.17) is 4.74 Å². The number of aliphatic carboxylic acids is 1. The molecule has 1 saturated carbocycles. The summed E-state index contributed by atoms with van der Waals surface area (Å²) in [4.78, 5) is 11.4. The van der Waals surface area contributed by atoms with Gasteiger partial charge in [-0.05, 0) is 32.1 Å². The second kappa shape index (κ2) is 4.10. The van der Waals surface area contributed by atoms with E-state index in [1.807, 2.05) is 0 Å². The van der Waals surface area contributed by atoms with Crippen LogP contribution in [0.15, 0.2) is 0 Å². The average molecular weight is 214 g/mol. The van der Waals surface area contributed by atoms with Crippen LogP contribution < -0.4 is 0 Å². The van der Waals surface area contributed by atoms with E-state index < -0.39 is 17.7 Å². The highest BCUT2D eigenvalue weighted by atomic mass is 16.5. The van der Waals surface area contributed by atoms with Crippen molar-refractivity contribution in [2.24, 2.45) is 5.92 Å². The molecule has 0 aromatic heterocycles. The molecular weight excluding hydrogens is 196 g/mol. The van der Waals surface area contributed by atoms with Crippen molar-refractivity contribution in [3.63, 3.8) is 0 Å². The summed E-state index contributed by atoms with van der Waals surface area (Å²) in [6.45, 7) is 0.509. The molecule has 2 aliphatic rings. The Morgan fingerprint density at radius 2 is 2.07 bits per heavy atom. The summed E-state index contributed by atoms with van der Waals surface area (Å²) in [5, 5.41) is 19.1. The van der Waals surface area contributed by atoms with Crippen LogP contribution in [0.25, 0.3) is 0 Å². The molecule has 0 radical (unpaired) electrons. The summed E-state index contributed by atoms with van der Waals surface area (Å²) in [5.74, 6) is -1.11. The molecule has 2 fully saturated rings. The van der Waals surface area contributed by atoms with Crippen LogP contribution in [0.1, 0.15) is 38.5 Å². The van der Waals surface area contributed by atoms with Crippen molar-refractivity contribution in [2.75, 3.05) is 6.61 Å². The standard InChI is InChI=1S/C11H18O4/c12-9-5-3-4-8(9)11(10(13)14)6-1-2-7-15-11/h8-9,12H,1-7H2,(H,13,14). The van der Waals surface area contributed by atoms with Crippen LogP contribution in [0, 0.1) is 5.92 Å². The second-order valence-electron chi connectivity index (χ2n) is 4.60. The van der Waals surface area contributed by atoms with Gasteiger partial charge in [0.05, 0.1) is 6.10 Å². The molecule has 2 N–H and O–H groups in total. The number of carbonyl (C=O) groups is 1. The lowest BCUT2D eigenvalue weighted by Crippen LogP contribution is -2.52. The van der Waals surface area contributed by atoms with Crippen molar-refractivity contribution in [1.82, 2.24) is 0 Å². The van der Waals surface area contributed by atoms with E-state index in [1.165, 1.54) is 0 Å². The first-order valence-electron chi connectivity index (χ1n) is 5.72. The Balaban J connectivity index is 2.20. The molecule has 0 bridgehead atoms. The molecule has 86 valence electrons. The Morgan fingerprint density at radius 3 is 2.53 bits per heavy atom. The summed E-state index contributed by atoms with van der Waals surface area (Å²) in [6, 6.07) is 0. The van der Waals surface area contributed by atoms with E-state index in [-0.39, 0.29) is 5.92 Å². The molecule has 4 heteroatoms. The predicted molar refractivity (Wildman–Crippen MR) is 53.5 cm³/mol. The Hall–Kier alpha value is -0.610. The number of hydrogen-bond acceptors (Lipinski definition) is 3. The maximum Gasteiger partial charge on any atom is 0.336 e. The van der Waals surface area contributed by atoms with E-state index in [1.54, 1.807) is 0 Å². The normalized spacial score (nSPS) is 41.7. The molecule has 1 aliphatic carbocycles. The Bertz CT molecular complexity index is 245. The number of rotatable bonds is 2. The summed E-state index contributed by atoms with van der Waals surface area (Å²) in [7, 11) is 0. The number of carboxylic acids is 1. The third-order valence-electron chi connectivity index (χ3n) is 3.74. The minimum atomic E-state index is -1.10. The highest BCUT2D eigenvalue weighted by Gasteiger charge is 2.52. The third kappa shape index (κ3) is 1.76. The number of hydrogen-bond donors (Lipinski definition) is 2. The third-order valence-corrected chi connectivity index (χ3v) is 3.74. The van der Waals surface area contributed by atoms with Gasteiger partial charge >= 0.3 is 5.97 Å². The van der Waals surface area contributed by atoms with E-state index in [0.29, 0.717) is 19.4 Å². The van der Waals surface area contributed by atoms with Crippen molar-refractivity contribution in [1.29, 1.82) is 0 Å². The van der Waals surface area contributed by atoms with E-state index >= 15 is 0 Å². The fraction of sp³-hybridized carbons (Fsp3) is 0.909. The zero-order valence-corrected chi connectivity index (χ0v) is 8.82. The minimum Gasteiger partial charge on any atom is -0.479 e. The molecule has 0 amide bonds. The van der Waals surface area contributed by atoms with Crippen LogP contribution in [0.5, 0.6) is 0 Å². The van der Waals surface area contributed by atoms with Gasteiger partial charge in [-0.15, -0.1) is 0 Å². The molecule has 3 atom stereocenters. The molecule has 0 spiro atoms. The maximum atomic E-state index is 11.4. The van der Waals surface area contributed by atoms with Gasteiger partial charge in [0.2, 0.25) is 0 Å². The molecule has 2 rings (SSSR count). The Labute approximate surface area is 89.2 Å². The van der Waals surface area contributed by atoms with Gasteiger partial charge in [-0.25, -0.2) is 4.79 Å². The lowest BCUT2D eigenvalue weighted by atomic mass is 9.79. The van der Waals surface area contributed by atoms with Gasteiger partial charge in [-0.1, -0.05) is 6.42 Å². The van der Waals surface area contributed by atoms with Crippen molar-refractivity contribution in [2.45, 2.75) is 50.2 Å². The van der Waals surface area contributed by atoms with Crippen molar-refractivity contribution >= 4 is 5.97 Å². The fourth-order valence-corrected chi connectivity index (χ4v) is 2.92. The summed E-state index contributed by atoms with van der Waals surface area (Å²) in [6.07, 6.45) is 4.25. The van der Waals surface area contributed by atoms with Gasteiger partial charge in [0.15, 0.2) is 5.60 Å². The number of carboxylic acid groups (broad SMARTS) is 1. The van der Waals surface area contributed by atoms with Crippen LogP contribution >= 0.6 is 0 Å². The highest BCUT2D eigenvalue weighted by molar-refractivity contribution is 5.78. The van der Waals surface area contributed by atoms with E-state index in [2.05, 4.69) is 0 Å². The first-order valence-corrected chi connectivity index (χ1v) is 5.72. The minimum absolute atomic E-state index is 0.213. The average Bonchev–Trinajstić information content (AvgIpc) is 2.66. The van der Waals surface area contributed by atoms with Crippen molar-refractivity contribution in [3.05, 3.63) is 0 Å². The molecule has 4 nitrogen and oxygen atoms in total. The lowest BCUT2D eigenvalue weighted by molar-refractivity contribution is -0.188. The first kappa shape index (κ1) is 10.9. The SMILES string of the molecule is O=C(O)C1(C2CCCC2O)CCCCO1. The maximum absolute atomic E-state index is 11.4. The molecule has 1 saturated heterocycles. The topological polar surface area (TPSA) is 66.8 Å². The van der Waals surface area contributed by atoms with Crippen LogP contribution in [0.2, 0.25) is 0 Å². The summed E-state index contributed by atoms with van der Waals surface area (Å²) >= 11 is 0. The fourth-order valence-electron chi connectivity index (χ4n) is 2.92. The van der Waals surface area contributed by atoms with Gasteiger partial charge < -0.3 is 14.9 Å². The monoisotopic (exact) mass is 214 g/mol. The smallest absolute Gasteiger partial charge is 0.336 e. The molecule has 0 aromatic carbocycles. The number of ether oxygens (including phenoxy) is 1. The lowest BCUT2D eigenvalue weighted by Gasteiger charge is -2.39. The molecule has 3 unspecified atom stereocenters.